The summed E-state index contributed by atoms with van der Waals surface area (Å²) in [6, 6.07) is 5.59. The van der Waals surface area contributed by atoms with Crippen molar-refractivity contribution in [1.29, 1.82) is 0 Å². The molecule has 0 saturated heterocycles. The van der Waals surface area contributed by atoms with Crippen molar-refractivity contribution in [2.75, 3.05) is 0 Å². The van der Waals surface area contributed by atoms with Gasteiger partial charge < -0.3 is 5.11 Å². The highest BCUT2D eigenvalue weighted by Gasteiger charge is 2.33. The molecule has 0 radical (unpaired) electrons. The summed E-state index contributed by atoms with van der Waals surface area (Å²) in [6.07, 6.45) is -1.59. The summed E-state index contributed by atoms with van der Waals surface area (Å²) < 4.78 is 38.4. The Hall–Kier alpha value is -1.29. The van der Waals surface area contributed by atoms with Gasteiger partial charge in [0.2, 0.25) is 0 Å². The molecule has 0 unspecified atom stereocenters. The van der Waals surface area contributed by atoms with E-state index in [-0.39, 0.29) is 5.56 Å². The molecule has 92 valence electrons. The quantitative estimate of drug-likeness (QED) is 0.797. The Morgan fingerprint density at radius 2 is 1.88 bits per heavy atom. The first-order valence-corrected chi connectivity index (χ1v) is 5.52. The van der Waals surface area contributed by atoms with Crippen LogP contribution < -0.4 is 0 Å². The topological polar surface area (TPSA) is 20.2 Å². The number of hydrogen-bond acceptors (Lipinski definition) is 1. The van der Waals surface area contributed by atoms with Crippen LogP contribution in [0, 0.1) is 0 Å². The number of rotatable bonds is 1. The molecule has 1 N–H and O–H groups in total. The average Bonchev–Trinajstić information content (AvgIpc) is 2.29. The molecule has 0 aliphatic heterocycles. The van der Waals surface area contributed by atoms with E-state index in [2.05, 4.69) is 0 Å². The lowest BCUT2D eigenvalue weighted by Gasteiger charge is -2.20. The number of allylic oxidation sites excluding steroid dienone is 1. The van der Waals surface area contributed by atoms with Gasteiger partial charge in [-0.2, -0.15) is 13.2 Å². The predicted molar refractivity (Wildman–Crippen MR) is 59.3 cm³/mol. The first-order chi connectivity index (χ1) is 7.98. The fraction of sp³-hybridized carbons (Fsp3) is 0.385. The highest BCUT2D eigenvalue weighted by molar-refractivity contribution is 5.69. The van der Waals surface area contributed by atoms with E-state index in [1.165, 1.54) is 12.1 Å². The van der Waals surface area contributed by atoms with Crippen molar-refractivity contribution in [3.8, 4) is 0 Å². The number of benzene rings is 1. The monoisotopic (exact) mass is 242 g/mol. The molecule has 0 heterocycles. The van der Waals surface area contributed by atoms with Gasteiger partial charge in [0.15, 0.2) is 0 Å². The van der Waals surface area contributed by atoms with E-state index >= 15 is 0 Å². The normalized spacial score (nSPS) is 21.2. The third-order valence-corrected chi connectivity index (χ3v) is 2.96. The Kier molecular flexibility index (Phi) is 3.24. The Balaban J connectivity index is 2.39. The number of aliphatic hydroxyl groups excluding tert-OH is 1. The molecule has 1 aliphatic carbocycles. The number of halogens is 3. The van der Waals surface area contributed by atoms with Gasteiger partial charge >= 0.3 is 6.18 Å². The van der Waals surface area contributed by atoms with Crippen LogP contribution in [0.4, 0.5) is 13.2 Å². The number of alkyl halides is 3. The molecule has 1 aromatic rings. The molecule has 1 aromatic carbocycles. The van der Waals surface area contributed by atoms with E-state index in [4.69, 9.17) is 0 Å². The van der Waals surface area contributed by atoms with Crippen LogP contribution in [0.5, 0.6) is 0 Å². The summed E-state index contributed by atoms with van der Waals surface area (Å²) in [7, 11) is 0. The van der Waals surface area contributed by atoms with Crippen LogP contribution in [0.1, 0.15) is 30.4 Å². The summed E-state index contributed by atoms with van der Waals surface area (Å²) in [5.74, 6) is 0. The molecule has 0 fully saturated rings. The average molecular weight is 242 g/mol. The second-order valence-corrected chi connectivity index (χ2v) is 4.20. The van der Waals surface area contributed by atoms with E-state index in [0.717, 1.165) is 6.07 Å². The molecule has 4 heteroatoms. The van der Waals surface area contributed by atoms with E-state index < -0.39 is 17.8 Å². The van der Waals surface area contributed by atoms with Gasteiger partial charge in [-0.15, -0.1) is 0 Å². The number of aliphatic hydroxyl groups is 1. The lowest BCUT2D eigenvalue weighted by Crippen LogP contribution is -2.13. The van der Waals surface area contributed by atoms with Crippen molar-refractivity contribution in [3.05, 3.63) is 41.5 Å². The van der Waals surface area contributed by atoms with Gasteiger partial charge in [-0.3, -0.25) is 0 Å². The molecule has 0 aromatic heterocycles. The van der Waals surface area contributed by atoms with Crippen molar-refractivity contribution < 1.29 is 18.3 Å². The summed E-state index contributed by atoms with van der Waals surface area (Å²) in [4.78, 5) is 0. The van der Waals surface area contributed by atoms with E-state index in [9.17, 15) is 18.3 Å². The SMILES string of the molecule is O[C@@H]1CC=C(c2ccccc2C(F)(F)F)CC1. The van der Waals surface area contributed by atoms with Gasteiger partial charge in [-0.1, -0.05) is 24.3 Å². The van der Waals surface area contributed by atoms with E-state index in [0.29, 0.717) is 24.8 Å². The van der Waals surface area contributed by atoms with Crippen LogP contribution in [-0.4, -0.2) is 11.2 Å². The minimum absolute atomic E-state index is 0.243. The van der Waals surface area contributed by atoms with Gasteiger partial charge in [-0.25, -0.2) is 0 Å². The highest BCUT2D eigenvalue weighted by atomic mass is 19.4. The molecule has 0 saturated carbocycles. The zero-order valence-corrected chi connectivity index (χ0v) is 9.17. The summed E-state index contributed by atoms with van der Waals surface area (Å²) in [6.45, 7) is 0. The summed E-state index contributed by atoms with van der Waals surface area (Å²) in [5.41, 5.74) is 0.331. The van der Waals surface area contributed by atoms with Crippen LogP contribution >= 0.6 is 0 Å². The molecule has 1 atom stereocenters. The molecule has 17 heavy (non-hydrogen) atoms. The van der Waals surface area contributed by atoms with Gasteiger partial charge in [0.05, 0.1) is 11.7 Å². The van der Waals surface area contributed by atoms with Crippen molar-refractivity contribution in [1.82, 2.24) is 0 Å². The molecule has 0 bridgehead atoms. The molecular weight excluding hydrogens is 229 g/mol. The predicted octanol–water partition coefficient (Wildman–Crippen LogP) is 3.63. The van der Waals surface area contributed by atoms with Gasteiger partial charge in [0.25, 0.3) is 0 Å². The van der Waals surface area contributed by atoms with Crippen LogP contribution in [-0.2, 0) is 6.18 Å². The maximum Gasteiger partial charge on any atom is 0.416 e. The first-order valence-electron chi connectivity index (χ1n) is 5.52. The fourth-order valence-electron chi connectivity index (χ4n) is 2.08. The van der Waals surface area contributed by atoms with Crippen molar-refractivity contribution in [2.24, 2.45) is 0 Å². The second-order valence-electron chi connectivity index (χ2n) is 4.20. The summed E-state index contributed by atoms with van der Waals surface area (Å²) in [5, 5.41) is 9.34. The van der Waals surface area contributed by atoms with Crippen LogP contribution in [0.15, 0.2) is 30.3 Å². The number of hydrogen-bond donors (Lipinski definition) is 1. The third-order valence-electron chi connectivity index (χ3n) is 2.96. The molecule has 1 aliphatic rings. The lowest BCUT2D eigenvalue weighted by atomic mass is 9.89. The summed E-state index contributed by atoms with van der Waals surface area (Å²) >= 11 is 0. The van der Waals surface area contributed by atoms with Crippen molar-refractivity contribution in [3.63, 3.8) is 0 Å². The van der Waals surface area contributed by atoms with Gasteiger partial charge in [0, 0.05) is 0 Å². The Labute approximate surface area is 97.6 Å². The Bertz CT molecular complexity index is 435. The van der Waals surface area contributed by atoms with Crippen molar-refractivity contribution in [2.45, 2.75) is 31.5 Å². The van der Waals surface area contributed by atoms with E-state index in [1.54, 1.807) is 12.1 Å². The lowest BCUT2D eigenvalue weighted by molar-refractivity contribution is -0.137. The fourth-order valence-corrected chi connectivity index (χ4v) is 2.08. The largest absolute Gasteiger partial charge is 0.416 e. The minimum atomic E-state index is -4.33. The van der Waals surface area contributed by atoms with Crippen LogP contribution in [0.25, 0.3) is 5.57 Å². The molecule has 0 amide bonds. The van der Waals surface area contributed by atoms with Gasteiger partial charge in [-0.05, 0) is 36.5 Å². The standard InChI is InChI=1S/C13H13F3O/c14-13(15,16)12-4-2-1-3-11(12)9-5-7-10(17)8-6-9/h1-5,10,17H,6-8H2/t10-/m1/s1. The van der Waals surface area contributed by atoms with Crippen LogP contribution in [0.2, 0.25) is 0 Å². The Morgan fingerprint density at radius 1 is 1.18 bits per heavy atom. The third kappa shape index (κ3) is 2.69. The zero-order valence-electron chi connectivity index (χ0n) is 9.17. The highest BCUT2D eigenvalue weighted by Crippen LogP contribution is 2.37. The van der Waals surface area contributed by atoms with Crippen LogP contribution in [0.3, 0.4) is 0 Å². The maximum absolute atomic E-state index is 12.8. The smallest absolute Gasteiger partial charge is 0.393 e. The Morgan fingerprint density at radius 3 is 2.47 bits per heavy atom. The van der Waals surface area contributed by atoms with E-state index in [1.807, 2.05) is 0 Å². The minimum Gasteiger partial charge on any atom is -0.393 e. The first kappa shape index (κ1) is 12.2. The molecular formula is C13H13F3O. The van der Waals surface area contributed by atoms with Crippen molar-refractivity contribution >= 4 is 5.57 Å². The maximum atomic E-state index is 12.8. The zero-order chi connectivity index (χ0) is 12.5. The molecule has 2 rings (SSSR count). The second kappa shape index (κ2) is 4.53. The van der Waals surface area contributed by atoms with Gasteiger partial charge in [0.1, 0.15) is 0 Å². The molecule has 1 nitrogen and oxygen atoms in total. The molecule has 0 spiro atoms.